The predicted octanol–water partition coefficient (Wildman–Crippen LogP) is 0.929. The van der Waals surface area contributed by atoms with Gasteiger partial charge in [0.1, 0.15) is 0 Å². The number of nitrogens with zero attached hydrogens (tertiary/aromatic N) is 1. The van der Waals surface area contributed by atoms with Crippen LogP contribution in [-0.2, 0) is 13.0 Å². The van der Waals surface area contributed by atoms with E-state index in [-0.39, 0.29) is 0 Å². The second-order valence-corrected chi connectivity index (χ2v) is 4.92. The third-order valence-electron chi connectivity index (χ3n) is 3.63. The van der Waals surface area contributed by atoms with Crippen molar-refractivity contribution in [2.75, 3.05) is 11.4 Å². The summed E-state index contributed by atoms with van der Waals surface area (Å²) in [4.78, 5) is 2.36. The molecule has 0 atom stereocenters. The molecule has 1 aliphatic rings. The Labute approximate surface area is 113 Å². The molecule has 4 heteroatoms. The van der Waals surface area contributed by atoms with Crippen molar-refractivity contribution in [3.05, 3.63) is 59.7 Å². The van der Waals surface area contributed by atoms with Crippen molar-refractivity contribution in [3.63, 3.8) is 0 Å². The molecule has 0 aromatic heterocycles. The number of hydrogen-bond donors (Lipinski definition) is 2. The van der Waals surface area contributed by atoms with Crippen molar-refractivity contribution in [1.29, 1.82) is 0 Å². The zero-order valence-electron chi connectivity index (χ0n) is 10.7. The minimum absolute atomic E-state index is 0.533. The van der Waals surface area contributed by atoms with Gasteiger partial charge in [-0.05, 0) is 29.1 Å². The van der Waals surface area contributed by atoms with Gasteiger partial charge in [0, 0.05) is 18.8 Å². The van der Waals surface area contributed by atoms with Crippen LogP contribution < -0.4 is 10.4 Å². The van der Waals surface area contributed by atoms with Gasteiger partial charge in [-0.2, -0.15) is 0 Å². The molecule has 2 N–H and O–H groups in total. The third kappa shape index (κ3) is 2.50. The maximum Gasteiger partial charge on any atom is 0.488 e. The molecule has 0 amide bonds. The lowest BCUT2D eigenvalue weighted by atomic mass is 9.80. The monoisotopic (exact) mass is 253 g/mol. The number of anilines is 1. The molecule has 19 heavy (non-hydrogen) atoms. The molecule has 2 aromatic rings. The molecule has 1 aliphatic heterocycles. The van der Waals surface area contributed by atoms with E-state index in [2.05, 4.69) is 29.2 Å². The van der Waals surface area contributed by atoms with Crippen LogP contribution in [0.5, 0.6) is 0 Å². The first-order chi connectivity index (χ1) is 9.24. The fourth-order valence-corrected chi connectivity index (χ4v) is 2.59. The summed E-state index contributed by atoms with van der Waals surface area (Å²) < 4.78 is 0. The molecule has 0 spiro atoms. The van der Waals surface area contributed by atoms with Gasteiger partial charge < -0.3 is 14.9 Å². The maximum absolute atomic E-state index is 9.07. The second-order valence-electron chi connectivity index (χ2n) is 4.92. The van der Waals surface area contributed by atoms with Crippen molar-refractivity contribution < 1.29 is 10.0 Å². The molecule has 0 fully saturated rings. The number of hydrogen-bond acceptors (Lipinski definition) is 3. The van der Waals surface area contributed by atoms with Crippen LogP contribution in [0.1, 0.15) is 11.1 Å². The van der Waals surface area contributed by atoms with E-state index in [9.17, 15) is 0 Å². The van der Waals surface area contributed by atoms with Crippen molar-refractivity contribution in [3.8, 4) is 0 Å². The van der Waals surface area contributed by atoms with E-state index in [1.807, 2.05) is 12.1 Å². The van der Waals surface area contributed by atoms with Gasteiger partial charge in [-0.15, -0.1) is 0 Å². The van der Waals surface area contributed by atoms with Gasteiger partial charge in [0.15, 0.2) is 0 Å². The highest BCUT2D eigenvalue weighted by Gasteiger charge is 2.18. The number of benzene rings is 2. The molecule has 0 radical (unpaired) electrons. The SMILES string of the molecule is OB(O)c1ccc(CN2CCc3ccccc32)cc1. The van der Waals surface area contributed by atoms with Crippen LogP contribution in [0.3, 0.4) is 0 Å². The summed E-state index contributed by atoms with van der Waals surface area (Å²) in [7, 11) is -1.39. The quantitative estimate of drug-likeness (QED) is 0.800. The van der Waals surface area contributed by atoms with Crippen molar-refractivity contribution in [2.24, 2.45) is 0 Å². The largest absolute Gasteiger partial charge is 0.488 e. The highest BCUT2D eigenvalue weighted by molar-refractivity contribution is 6.58. The molecular formula is C15H16BNO2. The van der Waals surface area contributed by atoms with Crippen LogP contribution in [0.2, 0.25) is 0 Å². The molecule has 0 saturated carbocycles. The van der Waals surface area contributed by atoms with Gasteiger partial charge in [-0.25, -0.2) is 0 Å². The van der Waals surface area contributed by atoms with Gasteiger partial charge in [0.2, 0.25) is 0 Å². The lowest BCUT2D eigenvalue weighted by Gasteiger charge is -2.19. The average molecular weight is 253 g/mol. The smallest absolute Gasteiger partial charge is 0.423 e. The van der Waals surface area contributed by atoms with Crippen LogP contribution in [0.15, 0.2) is 48.5 Å². The molecule has 0 bridgehead atoms. The van der Waals surface area contributed by atoms with Gasteiger partial charge in [0.25, 0.3) is 0 Å². The summed E-state index contributed by atoms with van der Waals surface area (Å²) in [6.45, 7) is 1.91. The van der Waals surface area contributed by atoms with Crippen LogP contribution in [0.4, 0.5) is 5.69 Å². The van der Waals surface area contributed by atoms with E-state index in [1.165, 1.54) is 16.8 Å². The van der Waals surface area contributed by atoms with Crippen molar-refractivity contribution >= 4 is 18.3 Å². The second kappa shape index (κ2) is 5.07. The Morgan fingerprint density at radius 3 is 2.47 bits per heavy atom. The summed E-state index contributed by atoms with van der Waals surface area (Å²) in [5, 5.41) is 18.1. The summed E-state index contributed by atoms with van der Waals surface area (Å²) >= 11 is 0. The summed E-state index contributed by atoms with van der Waals surface area (Å²) in [6, 6.07) is 15.9. The number of rotatable bonds is 3. The molecule has 0 aliphatic carbocycles. The fourth-order valence-electron chi connectivity index (χ4n) is 2.59. The van der Waals surface area contributed by atoms with E-state index in [1.54, 1.807) is 12.1 Å². The van der Waals surface area contributed by atoms with Gasteiger partial charge in [-0.3, -0.25) is 0 Å². The van der Waals surface area contributed by atoms with E-state index >= 15 is 0 Å². The van der Waals surface area contributed by atoms with Crippen molar-refractivity contribution in [2.45, 2.75) is 13.0 Å². The third-order valence-corrected chi connectivity index (χ3v) is 3.63. The first-order valence-corrected chi connectivity index (χ1v) is 6.52. The fraction of sp³-hybridized carbons (Fsp3) is 0.200. The number of para-hydroxylation sites is 1. The van der Waals surface area contributed by atoms with E-state index in [0.29, 0.717) is 5.46 Å². The first kappa shape index (κ1) is 12.3. The standard InChI is InChI=1S/C15H16BNO2/c18-16(19)14-7-5-12(6-8-14)11-17-10-9-13-3-1-2-4-15(13)17/h1-8,18-19H,9-11H2. The van der Waals surface area contributed by atoms with Crippen LogP contribution in [-0.4, -0.2) is 23.7 Å². The topological polar surface area (TPSA) is 43.7 Å². The molecule has 1 heterocycles. The highest BCUT2D eigenvalue weighted by atomic mass is 16.4. The maximum atomic E-state index is 9.07. The molecule has 0 saturated heterocycles. The Morgan fingerprint density at radius 2 is 1.74 bits per heavy atom. The predicted molar refractivity (Wildman–Crippen MR) is 77.5 cm³/mol. The lowest BCUT2D eigenvalue weighted by Crippen LogP contribution is -2.29. The summed E-state index contributed by atoms with van der Waals surface area (Å²) in [5.41, 5.74) is 4.44. The minimum Gasteiger partial charge on any atom is -0.423 e. The first-order valence-electron chi connectivity index (χ1n) is 6.52. The van der Waals surface area contributed by atoms with Gasteiger partial charge in [-0.1, -0.05) is 42.5 Å². The molecular weight excluding hydrogens is 237 g/mol. The lowest BCUT2D eigenvalue weighted by molar-refractivity contribution is 0.426. The van der Waals surface area contributed by atoms with Crippen molar-refractivity contribution in [1.82, 2.24) is 0 Å². The Hall–Kier alpha value is -1.78. The van der Waals surface area contributed by atoms with Crippen LogP contribution >= 0.6 is 0 Å². The van der Waals surface area contributed by atoms with Crippen LogP contribution in [0, 0.1) is 0 Å². The molecule has 2 aromatic carbocycles. The Morgan fingerprint density at radius 1 is 1.00 bits per heavy atom. The zero-order valence-corrected chi connectivity index (χ0v) is 10.7. The highest BCUT2D eigenvalue weighted by Crippen LogP contribution is 2.28. The van der Waals surface area contributed by atoms with E-state index in [4.69, 9.17) is 10.0 Å². The summed E-state index contributed by atoms with van der Waals surface area (Å²) in [5.74, 6) is 0. The Balaban J connectivity index is 1.76. The normalized spacial score (nSPS) is 13.5. The Kier molecular flexibility index (Phi) is 3.28. The van der Waals surface area contributed by atoms with Crippen LogP contribution in [0.25, 0.3) is 0 Å². The molecule has 0 unspecified atom stereocenters. The molecule has 96 valence electrons. The van der Waals surface area contributed by atoms with Gasteiger partial charge >= 0.3 is 7.12 Å². The van der Waals surface area contributed by atoms with E-state index < -0.39 is 7.12 Å². The minimum atomic E-state index is -1.39. The molecule has 3 nitrogen and oxygen atoms in total. The van der Waals surface area contributed by atoms with Gasteiger partial charge in [0.05, 0.1) is 0 Å². The van der Waals surface area contributed by atoms with E-state index in [0.717, 1.165) is 19.5 Å². The Bertz CT molecular complexity index is 569. The zero-order chi connectivity index (χ0) is 13.2. The molecule has 3 rings (SSSR count). The summed E-state index contributed by atoms with van der Waals surface area (Å²) in [6.07, 6.45) is 1.10. The number of fused-ring (bicyclic) bond motifs is 1. The average Bonchev–Trinajstić information content (AvgIpc) is 2.83.